The molecule has 0 saturated carbocycles. The molecule has 0 heterocycles. The van der Waals surface area contributed by atoms with E-state index in [0.29, 0.717) is 17.1 Å². The van der Waals surface area contributed by atoms with E-state index in [2.05, 4.69) is 17.2 Å². The quantitative estimate of drug-likeness (QED) is 0.465. The van der Waals surface area contributed by atoms with Gasteiger partial charge in [-0.05, 0) is 18.2 Å². The number of hydrogen-bond acceptors (Lipinski definition) is 4. The topological polar surface area (TPSA) is 73.9 Å². The van der Waals surface area contributed by atoms with Crippen molar-refractivity contribution in [1.29, 1.82) is 5.41 Å². The molecule has 0 atom stereocenters. The molecule has 0 spiro atoms. The van der Waals surface area contributed by atoms with Gasteiger partial charge >= 0.3 is 0 Å². The predicted octanol–water partition coefficient (Wildman–Crippen LogP) is 2.40. The highest BCUT2D eigenvalue weighted by atomic mass is 15.1. The Labute approximate surface area is 97.1 Å². The normalized spacial score (nSPS) is 8.44. The average molecular weight is 220 g/mol. The summed E-state index contributed by atoms with van der Waals surface area (Å²) in [5.41, 5.74) is 7.80. The van der Waals surface area contributed by atoms with Gasteiger partial charge in [-0.15, -0.1) is 0 Å². The zero-order valence-electron chi connectivity index (χ0n) is 10.1. The van der Waals surface area contributed by atoms with Crippen LogP contribution in [0.3, 0.4) is 0 Å². The first kappa shape index (κ1) is 14.0. The van der Waals surface area contributed by atoms with E-state index in [4.69, 9.17) is 11.1 Å². The van der Waals surface area contributed by atoms with Crippen molar-refractivity contribution < 1.29 is 0 Å². The minimum absolute atomic E-state index is 0.598. The highest BCUT2D eigenvalue weighted by molar-refractivity contribution is 5.86. The first-order valence-electron chi connectivity index (χ1n) is 5.21. The fourth-order valence-electron chi connectivity index (χ4n) is 1.01. The molecule has 88 valence electrons. The number of nitrogens with one attached hydrogen (secondary N) is 3. The highest BCUT2D eigenvalue weighted by Crippen LogP contribution is 2.16. The Morgan fingerprint density at radius 1 is 1.44 bits per heavy atom. The van der Waals surface area contributed by atoms with Crippen molar-refractivity contribution in [2.24, 2.45) is 0 Å². The van der Waals surface area contributed by atoms with Crippen molar-refractivity contribution >= 4 is 17.6 Å². The minimum atomic E-state index is 0.598. The molecule has 0 aliphatic heterocycles. The second-order valence-corrected chi connectivity index (χ2v) is 2.84. The standard InChI is InChI=1S/C10H14N4.C2H6/c1-7(13-2)14-9-3-4-10(12)8(5-9)6-11;1-2/h3-6,11,13-14H,1,12H2,2H3;1-2H3. The second-order valence-electron chi connectivity index (χ2n) is 2.84. The first-order valence-corrected chi connectivity index (χ1v) is 5.21. The minimum Gasteiger partial charge on any atom is -0.398 e. The number of hydrogen-bond donors (Lipinski definition) is 4. The number of nitrogen functional groups attached to an aromatic ring is 1. The molecule has 0 bridgehead atoms. The van der Waals surface area contributed by atoms with Crippen LogP contribution < -0.4 is 16.4 Å². The van der Waals surface area contributed by atoms with Crippen LogP contribution in [-0.4, -0.2) is 13.3 Å². The highest BCUT2D eigenvalue weighted by Gasteiger charge is 1.98. The molecule has 0 saturated heterocycles. The Morgan fingerprint density at radius 3 is 2.56 bits per heavy atom. The van der Waals surface area contributed by atoms with Crippen molar-refractivity contribution in [1.82, 2.24) is 5.32 Å². The zero-order chi connectivity index (χ0) is 12.6. The van der Waals surface area contributed by atoms with Crippen LogP contribution in [0.15, 0.2) is 30.6 Å². The molecule has 0 aliphatic carbocycles. The molecule has 0 aliphatic rings. The summed E-state index contributed by atoms with van der Waals surface area (Å²) in [6.07, 6.45) is 1.22. The molecule has 0 amide bonds. The van der Waals surface area contributed by atoms with Gasteiger partial charge in [0.2, 0.25) is 0 Å². The summed E-state index contributed by atoms with van der Waals surface area (Å²) in [5.74, 6) is 0.700. The van der Waals surface area contributed by atoms with Crippen LogP contribution in [0.4, 0.5) is 11.4 Å². The number of rotatable bonds is 4. The van der Waals surface area contributed by atoms with Crippen molar-refractivity contribution in [3.05, 3.63) is 36.2 Å². The van der Waals surface area contributed by atoms with Gasteiger partial charge in [-0.25, -0.2) is 0 Å². The maximum atomic E-state index is 7.14. The van der Waals surface area contributed by atoms with E-state index in [9.17, 15) is 0 Å². The van der Waals surface area contributed by atoms with Crippen molar-refractivity contribution in [2.75, 3.05) is 18.1 Å². The Morgan fingerprint density at radius 2 is 2.06 bits per heavy atom. The summed E-state index contributed by atoms with van der Waals surface area (Å²) >= 11 is 0. The lowest BCUT2D eigenvalue weighted by atomic mass is 10.2. The van der Waals surface area contributed by atoms with Crippen LogP contribution in [0.1, 0.15) is 19.4 Å². The van der Waals surface area contributed by atoms with Crippen LogP contribution in [0.2, 0.25) is 0 Å². The Bertz CT molecular complexity index is 358. The summed E-state index contributed by atoms with van der Waals surface area (Å²) in [6, 6.07) is 5.39. The molecule has 4 nitrogen and oxygen atoms in total. The average Bonchev–Trinajstić information content (AvgIpc) is 2.34. The van der Waals surface area contributed by atoms with Crippen LogP contribution >= 0.6 is 0 Å². The van der Waals surface area contributed by atoms with E-state index >= 15 is 0 Å². The third kappa shape index (κ3) is 4.04. The molecule has 4 heteroatoms. The second kappa shape index (κ2) is 7.34. The number of benzene rings is 1. The summed E-state index contributed by atoms with van der Waals surface area (Å²) in [4.78, 5) is 0. The Kier molecular flexibility index (Phi) is 6.43. The van der Waals surface area contributed by atoms with Gasteiger partial charge in [0.15, 0.2) is 0 Å². The molecule has 0 unspecified atom stereocenters. The molecular weight excluding hydrogens is 200 g/mol. The number of nitrogens with two attached hydrogens (primary N) is 1. The largest absolute Gasteiger partial charge is 0.398 e. The van der Waals surface area contributed by atoms with Gasteiger partial charge in [-0.3, -0.25) is 0 Å². The number of anilines is 2. The summed E-state index contributed by atoms with van der Waals surface area (Å²) in [6.45, 7) is 7.74. The van der Waals surface area contributed by atoms with Crippen molar-refractivity contribution in [2.45, 2.75) is 13.8 Å². The van der Waals surface area contributed by atoms with Crippen LogP contribution in [0.25, 0.3) is 0 Å². The maximum absolute atomic E-state index is 7.14. The monoisotopic (exact) mass is 220 g/mol. The molecule has 1 aromatic rings. The van der Waals surface area contributed by atoms with E-state index in [0.717, 1.165) is 5.69 Å². The fourth-order valence-corrected chi connectivity index (χ4v) is 1.01. The van der Waals surface area contributed by atoms with E-state index in [1.165, 1.54) is 6.21 Å². The van der Waals surface area contributed by atoms with E-state index in [1.807, 2.05) is 19.9 Å². The lowest BCUT2D eigenvalue weighted by Gasteiger charge is -2.10. The summed E-state index contributed by atoms with van der Waals surface area (Å²) < 4.78 is 0. The van der Waals surface area contributed by atoms with Crippen LogP contribution in [-0.2, 0) is 0 Å². The van der Waals surface area contributed by atoms with Crippen LogP contribution in [0, 0.1) is 5.41 Å². The molecule has 1 rings (SSSR count). The molecular formula is C12H20N4. The third-order valence-corrected chi connectivity index (χ3v) is 1.84. The summed E-state index contributed by atoms with van der Waals surface area (Å²) in [5, 5.41) is 13.0. The van der Waals surface area contributed by atoms with Gasteiger partial charge in [0.25, 0.3) is 0 Å². The smallest absolute Gasteiger partial charge is 0.0954 e. The first-order chi connectivity index (χ1) is 7.67. The molecule has 16 heavy (non-hydrogen) atoms. The van der Waals surface area contributed by atoms with Gasteiger partial charge in [0.1, 0.15) is 0 Å². The molecule has 0 aromatic heterocycles. The predicted molar refractivity (Wildman–Crippen MR) is 71.9 cm³/mol. The van der Waals surface area contributed by atoms with E-state index < -0.39 is 0 Å². The lowest BCUT2D eigenvalue weighted by Crippen LogP contribution is -2.13. The van der Waals surface area contributed by atoms with Gasteiger partial charge in [-0.2, -0.15) is 0 Å². The van der Waals surface area contributed by atoms with Crippen molar-refractivity contribution in [3.8, 4) is 0 Å². The fraction of sp³-hybridized carbons (Fsp3) is 0.250. The van der Waals surface area contributed by atoms with Crippen molar-refractivity contribution in [3.63, 3.8) is 0 Å². The SMILES string of the molecule is C=C(NC)Nc1ccc(N)c(C=N)c1.CC. The summed E-state index contributed by atoms with van der Waals surface area (Å²) in [7, 11) is 1.78. The Hall–Kier alpha value is -1.97. The van der Waals surface area contributed by atoms with Gasteiger partial charge in [0, 0.05) is 30.2 Å². The molecule has 0 radical (unpaired) electrons. The third-order valence-electron chi connectivity index (χ3n) is 1.84. The lowest BCUT2D eigenvalue weighted by molar-refractivity contribution is 1.00. The van der Waals surface area contributed by atoms with Gasteiger partial charge in [-0.1, -0.05) is 20.4 Å². The Balaban J connectivity index is 0.00000106. The van der Waals surface area contributed by atoms with E-state index in [-0.39, 0.29) is 0 Å². The maximum Gasteiger partial charge on any atom is 0.0954 e. The van der Waals surface area contributed by atoms with Gasteiger partial charge < -0.3 is 21.8 Å². The molecule has 5 N–H and O–H groups in total. The van der Waals surface area contributed by atoms with Crippen LogP contribution in [0.5, 0.6) is 0 Å². The molecule has 0 fully saturated rings. The van der Waals surface area contributed by atoms with E-state index in [1.54, 1.807) is 19.2 Å². The van der Waals surface area contributed by atoms with Gasteiger partial charge in [0.05, 0.1) is 5.82 Å². The zero-order valence-corrected chi connectivity index (χ0v) is 10.1. The molecule has 1 aromatic carbocycles.